The van der Waals surface area contributed by atoms with Crippen LogP contribution in [0, 0.1) is 5.92 Å². The van der Waals surface area contributed by atoms with Crippen LogP contribution in [0.25, 0.3) is 0 Å². The highest BCUT2D eigenvalue weighted by molar-refractivity contribution is 5.94. The van der Waals surface area contributed by atoms with E-state index in [-0.39, 0.29) is 5.91 Å². The number of fused-ring (bicyclic) bond motifs is 1. The number of nitrogens with zero attached hydrogens (tertiary/aromatic N) is 3. The number of anilines is 1. The minimum absolute atomic E-state index is 0.0656. The molecule has 32 heavy (non-hydrogen) atoms. The van der Waals surface area contributed by atoms with Gasteiger partial charge in [-0.05, 0) is 62.8 Å². The average molecular weight is 435 g/mol. The number of hydrogen-bond acceptors (Lipinski definition) is 5. The molecule has 2 fully saturated rings. The first-order valence-corrected chi connectivity index (χ1v) is 12.2. The number of piperazine rings is 1. The molecule has 6 heteroatoms. The number of ether oxygens (including phenoxy) is 1. The van der Waals surface area contributed by atoms with E-state index in [1.807, 2.05) is 36.5 Å². The molecule has 1 saturated carbocycles. The van der Waals surface area contributed by atoms with Gasteiger partial charge in [-0.2, -0.15) is 0 Å². The lowest BCUT2D eigenvalue weighted by atomic mass is 9.84. The minimum atomic E-state index is 0.0656. The first kappa shape index (κ1) is 21.3. The molecule has 170 valence electrons. The summed E-state index contributed by atoms with van der Waals surface area (Å²) in [6, 6.07) is 12.0. The largest absolute Gasteiger partial charge is 0.489 e. The Hall–Kier alpha value is -2.60. The molecule has 2 aliphatic heterocycles. The third-order valence-corrected chi connectivity index (χ3v) is 7.33. The van der Waals surface area contributed by atoms with Gasteiger partial charge in [0.05, 0.1) is 6.61 Å². The van der Waals surface area contributed by atoms with Crippen molar-refractivity contribution < 1.29 is 9.53 Å². The highest BCUT2D eigenvalue weighted by Crippen LogP contribution is 2.34. The van der Waals surface area contributed by atoms with Gasteiger partial charge < -0.3 is 15.0 Å². The van der Waals surface area contributed by atoms with Crippen LogP contribution in [0.3, 0.4) is 0 Å². The highest BCUT2D eigenvalue weighted by atomic mass is 16.5. The fourth-order valence-corrected chi connectivity index (χ4v) is 5.32. The summed E-state index contributed by atoms with van der Waals surface area (Å²) in [5, 5.41) is 3.23. The number of pyridine rings is 1. The van der Waals surface area contributed by atoms with Crippen LogP contribution in [0.15, 0.2) is 42.6 Å². The van der Waals surface area contributed by atoms with Gasteiger partial charge >= 0.3 is 0 Å². The Bertz CT molecular complexity index is 903. The van der Waals surface area contributed by atoms with Crippen LogP contribution in [-0.4, -0.2) is 61.2 Å². The van der Waals surface area contributed by atoms with Crippen molar-refractivity contribution in [3.05, 3.63) is 53.7 Å². The molecule has 1 saturated heterocycles. The molecule has 2 aromatic rings. The van der Waals surface area contributed by atoms with E-state index in [9.17, 15) is 4.79 Å². The Kier molecular flexibility index (Phi) is 6.58. The molecular formula is C26H34N4O2. The first-order valence-electron chi connectivity index (χ1n) is 12.2. The van der Waals surface area contributed by atoms with Gasteiger partial charge in [0.25, 0.3) is 5.91 Å². The van der Waals surface area contributed by atoms with Gasteiger partial charge in [-0.1, -0.05) is 18.2 Å². The second kappa shape index (κ2) is 9.90. The molecule has 0 radical (unpaired) electrons. The van der Waals surface area contributed by atoms with Crippen molar-refractivity contribution >= 4 is 11.7 Å². The van der Waals surface area contributed by atoms with Gasteiger partial charge in [0.15, 0.2) is 11.6 Å². The molecule has 1 aliphatic carbocycles. The zero-order valence-corrected chi connectivity index (χ0v) is 18.8. The summed E-state index contributed by atoms with van der Waals surface area (Å²) in [5.74, 6) is 2.90. The second-order valence-electron chi connectivity index (χ2n) is 9.40. The Morgan fingerprint density at radius 2 is 1.81 bits per heavy atom. The third kappa shape index (κ3) is 4.90. The second-order valence-corrected chi connectivity index (χ2v) is 9.40. The molecule has 3 heterocycles. The number of nitrogens with one attached hydrogen (secondary N) is 1. The van der Waals surface area contributed by atoms with Crippen LogP contribution in [0.2, 0.25) is 0 Å². The van der Waals surface area contributed by atoms with Gasteiger partial charge in [0.2, 0.25) is 0 Å². The molecule has 1 aromatic carbocycles. The fraction of sp³-hybridized carbons (Fsp3) is 0.538. The van der Waals surface area contributed by atoms with E-state index < -0.39 is 0 Å². The number of benzene rings is 1. The van der Waals surface area contributed by atoms with Crippen molar-refractivity contribution in [3.63, 3.8) is 0 Å². The maximum absolute atomic E-state index is 12.4. The first-order chi connectivity index (χ1) is 15.8. The summed E-state index contributed by atoms with van der Waals surface area (Å²) < 4.78 is 5.85. The van der Waals surface area contributed by atoms with Gasteiger partial charge in [-0.25, -0.2) is 4.98 Å². The number of carbonyl (C=O) groups is 1. The lowest BCUT2D eigenvalue weighted by Gasteiger charge is -2.37. The third-order valence-electron chi connectivity index (χ3n) is 7.33. The van der Waals surface area contributed by atoms with Crippen molar-refractivity contribution in [3.8, 4) is 5.75 Å². The van der Waals surface area contributed by atoms with E-state index in [4.69, 9.17) is 4.74 Å². The van der Waals surface area contributed by atoms with Gasteiger partial charge in [-0.3, -0.25) is 9.69 Å². The predicted octanol–water partition coefficient (Wildman–Crippen LogP) is 3.52. The quantitative estimate of drug-likeness (QED) is 0.754. The fourth-order valence-electron chi connectivity index (χ4n) is 5.32. The van der Waals surface area contributed by atoms with Crippen LogP contribution < -0.4 is 15.0 Å². The number of hydrogen-bond donors (Lipinski definition) is 1. The molecule has 0 spiro atoms. The van der Waals surface area contributed by atoms with Gasteiger partial charge in [0.1, 0.15) is 0 Å². The molecule has 0 bridgehead atoms. The van der Waals surface area contributed by atoms with E-state index in [0.717, 1.165) is 75.1 Å². The summed E-state index contributed by atoms with van der Waals surface area (Å²) in [4.78, 5) is 22.0. The molecular weight excluding hydrogens is 400 g/mol. The Labute approximate surface area is 191 Å². The van der Waals surface area contributed by atoms with Crippen LogP contribution in [-0.2, 0) is 6.42 Å². The molecule has 0 unspecified atom stereocenters. The van der Waals surface area contributed by atoms with Crippen LogP contribution in [0.4, 0.5) is 5.82 Å². The minimum Gasteiger partial charge on any atom is -0.489 e. The molecule has 6 nitrogen and oxygen atoms in total. The van der Waals surface area contributed by atoms with Crippen molar-refractivity contribution in [1.82, 2.24) is 15.2 Å². The normalized spacial score (nSPS) is 23.4. The van der Waals surface area contributed by atoms with E-state index in [2.05, 4.69) is 26.2 Å². The maximum Gasteiger partial charge on any atom is 0.251 e. The Balaban J connectivity index is 1.02. The number of aromatic nitrogens is 1. The van der Waals surface area contributed by atoms with Crippen molar-refractivity contribution in [1.29, 1.82) is 0 Å². The number of rotatable bonds is 6. The molecule has 1 amide bonds. The zero-order chi connectivity index (χ0) is 21.8. The summed E-state index contributed by atoms with van der Waals surface area (Å²) in [6.45, 7) is 6.18. The summed E-state index contributed by atoms with van der Waals surface area (Å²) in [7, 11) is 0. The van der Waals surface area contributed by atoms with Crippen molar-refractivity contribution in [2.24, 2.45) is 5.92 Å². The summed E-state index contributed by atoms with van der Waals surface area (Å²) >= 11 is 0. The Morgan fingerprint density at radius 1 is 1.03 bits per heavy atom. The van der Waals surface area contributed by atoms with Crippen molar-refractivity contribution in [2.75, 3.05) is 44.2 Å². The van der Waals surface area contributed by atoms with E-state index in [0.29, 0.717) is 6.04 Å². The summed E-state index contributed by atoms with van der Waals surface area (Å²) in [5.41, 5.74) is 2.06. The SMILES string of the molecule is O=C(N[C@H]1CC[C@H](CCN2CCN(c3nccc4c3OCC4)CC2)CC1)c1ccccc1. The standard InChI is InChI=1S/C26H34N4O2/c31-26(22-4-2-1-3-5-22)28-23-8-6-20(7-9-23)11-14-29-15-17-30(18-16-29)25-24-21(10-13-27-25)12-19-32-24/h1-5,10,13,20,23H,6-9,11-12,14-19H2,(H,28,31)/t20-,23-. The lowest BCUT2D eigenvalue weighted by Crippen LogP contribution is -2.47. The number of amides is 1. The monoisotopic (exact) mass is 434 g/mol. The zero-order valence-electron chi connectivity index (χ0n) is 18.8. The molecule has 3 aliphatic rings. The highest BCUT2D eigenvalue weighted by Gasteiger charge is 2.26. The van der Waals surface area contributed by atoms with E-state index in [1.54, 1.807) is 0 Å². The Morgan fingerprint density at radius 3 is 2.59 bits per heavy atom. The number of carbonyl (C=O) groups excluding carboxylic acids is 1. The maximum atomic E-state index is 12.4. The topological polar surface area (TPSA) is 57.7 Å². The van der Waals surface area contributed by atoms with E-state index >= 15 is 0 Å². The molecule has 1 aromatic heterocycles. The van der Waals surface area contributed by atoms with Gasteiger partial charge in [0, 0.05) is 56.0 Å². The average Bonchev–Trinajstić information content (AvgIpc) is 3.34. The van der Waals surface area contributed by atoms with Crippen LogP contribution in [0.5, 0.6) is 5.75 Å². The van der Waals surface area contributed by atoms with Crippen LogP contribution in [0.1, 0.15) is 48.0 Å². The van der Waals surface area contributed by atoms with E-state index in [1.165, 1.54) is 31.4 Å². The van der Waals surface area contributed by atoms with Crippen molar-refractivity contribution in [2.45, 2.75) is 44.6 Å². The van der Waals surface area contributed by atoms with Crippen LogP contribution >= 0.6 is 0 Å². The molecule has 0 atom stereocenters. The van der Waals surface area contributed by atoms with Gasteiger partial charge in [-0.15, -0.1) is 0 Å². The summed E-state index contributed by atoms with van der Waals surface area (Å²) in [6.07, 6.45) is 8.83. The molecule has 5 rings (SSSR count). The predicted molar refractivity (Wildman–Crippen MR) is 126 cm³/mol. The lowest BCUT2D eigenvalue weighted by molar-refractivity contribution is 0.0919. The molecule has 1 N–H and O–H groups in total. The smallest absolute Gasteiger partial charge is 0.251 e.